The molecule has 0 aromatic heterocycles. The van der Waals surface area contributed by atoms with Gasteiger partial charge >= 0.3 is 0 Å². The third-order valence-electron chi connectivity index (χ3n) is 2.91. The van der Waals surface area contributed by atoms with Gasteiger partial charge in [0.05, 0.1) is 0 Å². The monoisotopic (exact) mass is 155 g/mol. The van der Waals surface area contributed by atoms with Crippen LogP contribution in [0.5, 0.6) is 0 Å². The molecule has 0 amide bonds. The molecule has 0 radical (unpaired) electrons. The van der Waals surface area contributed by atoms with Gasteiger partial charge in [-0.25, -0.2) is 0 Å². The Morgan fingerprint density at radius 3 is 2.00 bits per heavy atom. The number of hydrogen-bond acceptors (Lipinski definition) is 1. The molecule has 1 saturated carbocycles. The molecule has 1 rings (SSSR count). The largest absolute Gasteiger partial charge is 0.327 e. The summed E-state index contributed by atoms with van der Waals surface area (Å²) in [6.45, 7) is 6.74. The van der Waals surface area contributed by atoms with Crippen molar-refractivity contribution in [2.75, 3.05) is 0 Å². The van der Waals surface area contributed by atoms with Gasteiger partial charge in [-0.15, -0.1) is 0 Å². The minimum absolute atomic E-state index is 0.301. The predicted octanol–water partition coefficient (Wildman–Crippen LogP) is 2.55. The average molecular weight is 155 g/mol. The van der Waals surface area contributed by atoms with E-state index in [0.717, 1.165) is 5.92 Å². The Hall–Kier alpha value is -0.0400. The molecule has 0 spiro atoms. The zero-order chi connectivity index (χ0) is 8.48. The lowest BCUT2D eigenvalue weighted by Gasteiger charge is -2.31. The van der Waals surface area contributed by atoms with Crippen LogP contribution in [0.25, 0.3) is 0 Å². The van der Waals surface area contributed by atoms with Crippen LogP contribution in [0.1, 0.15) is 46.5 Å². The van der Waals surface area contributed by atoms with Crippen molar-refractivity contribution in [2.45, 2.75) is 52.5 Å². The standard InChI is InChI=1S/C10H21N/c1-10(2,3)9(11)8-6-4-5-7-8/h8-9H,4-7,11H2,1-3H3. The average Bonchev–Trinajstić information content (AvgIpc) is 2.34. The lowest BCUT2D eigenvalue weighted by molar-refractivity contribution is 0.239. The van der Waals surface area contributed by atoms with Gasteiger partial charge in [0, 0.05) is 6.04 Å². The van der Waals surface area contributed by atoms with E-state index in [1.165, 1.54) is 25.7 Å². The van der Waals surface area contributed by atoms with E-state index < -0.39 is 0 Å². The Balaban J connectivity index is 2.46. The van der Waals surface area contributed by atoms with E-state index in [-0.39, 0.29) is 0 Å². The van der Waals surface area contributed by atoms with Crippen molar-refractivity contribution in [3.8, 4) is 0 Å². The van der Waals surface area contributed by atoms with E-state index in [1.807, 2.05) is 0 Å². The second-order valence-electron chi connectivity index (χ2n) is 4.94. The molecular formula is C10H21N. The topological polar surface area (TPSA) is 26.0 Å². The van der Waals surface area contributed by atoms with E-state index in [0.29, 0.717) is 11.5 Å². The SMILES string of the molecule is CC(C)(C)C(N)C1CCCC1. The fourth-order valence-corrected chi connectivity index (χ4v) is 2.02. The molecule has 0 aromatic rings. The molecule has 11 heavy (non-hydrogen) atoms. The summed E-state index contributed by atoms with van der Waals surface area (Å²) < 4.78 is 0. The van der Waals surface area contributed by atoms with Gasteiger partial charge in [0.25, 0.3) is 0 Å². The molecular weight excluding hydrogens is 134 g/mol. The second-order valence-corrected chi connectivity index (χ2v) is 4.94. The Bertz CT molecular complexity index is 117. The molecule has 0 heterocycles. The van der Waals surface area contributed by atoms with Crippen LogP contribution in [0.3, 0.4) is 0 Å². The van der Waals surface area contributed by atoms with Gasteiger partial charge in [0.1, 0.15) is 0 Å². The van der Waals surface area contributed by atoms with Crippen molar-refractivity contribution in [3.63, 3.8) is 0 Å². The van der Waals surface area contributed by atoms with Crippen LogP contribution in [-0.4, -0.2) is 6.04 Å². The maximum atomic E-state index is 6.16. The van der Waals surface area contributed by atoms with Gasteiger partial charge < -0.3 is 5.73 Å². The van der Waals surface area contributed by atoms with Gasteiger partial charge in [-0.3, -0.25) is 0 Å². The third-order valence-corrected chi connectivity index (χ3v) is 2.91. The maximum absolute atomic E-state index is 6.16. The number of rotatable bonds is 1. The molecule has 66 valence electrons. The summed E-state index contributed by atoms with van der Waals surface area (Å²) in [7, 11) is 0. The minimum atomic E-state index is 0.301. The molecule has 2 N–H and O–H groups in total. The fourth-order valence-electron chi connectivity index (χ4n) is 2.02. The summed E-state index contributed by atoms with van der Waals surface area (Å²) in [5.74, 6) is 0.801. The minimum Gasteiger partial charge on any atom is -0.327 e. The van der Waals surface area contributed by atoms with Crippen LogP contribution in [0.15, 0.2) is 0 Å². The first-order valence-corrected chi connectivity index (χ1v) is 4.77. The van der Waals surface area contributed by atoms with Gasteiger partial charge in [0.2, 0.25) is 0 Å². The second kappa shape index (κ2) is 3.14. The number of hydrogen-bond donors (Lipinski definition) is 1. The molecule has 0 aromatic carbocycles. The molecule has 1 fully saturated rings. The lowest BCUT2D eigenvalue weighted by atomic mass is 9.79. The molecule has 0 bridgehead atoms. The highest BCUT2D eigenvalue weighted by atomic mass is 14.7. The van der Waals surface area contributed by atoms with Crippen LogP contribution in [0.2, 0.25) is 0 Å². The van der Waals surface area contributed by atoms with E-state index in [1.54, 1.807) is 0 Å². The molecule has 1 aliphatic rings. The van der Waals surface area contributed by atoms with Crippen molar-refractivity contribution in [1.82, 2.24) is 0 Å². The highest BCUT2D eigenvalue weighted by Crippen LogP contribution is 2.34. The Morgan fingerprint density at radius 2 is 1.64 bits per heavy atom. The third kappa shape index (κ3) is 2.19. The smallest absolute Gasteiger partial charge is 0.0116 e. The van der Waals surface area contributed by atoms with Crippen molar-refractivity contribution in [2.24, 2.45) is 17.1 Å². The molecule has 1 aliphatic carbocycles. The molecule has 0 saturated heterocycles. The lowest BCUT2D eigenvalue weighted by Crippen LogP contribution is -2.40. The molecule has 1 atom stereocenters. The summed E-state index contributed by atoms with van der Waals surface area (Å²) in [5, 5.41) is 0. The summed E-state index contributed by atoms with van der Waals surface area (Å²) >= 11 is 0. The zero-order valence-electron chi connectivity index (χ0n) is 8.06. The Labute approximate surface area is 70.4 Å². The van der Waals surface area contributed by atoms with Crippen LogP contribution in [0, 0.1) is 11.3 Å². The zero-order valence-corrected chi connectivity index (χ0v) is 8.06. The highest BCUT2D eigenvalue weighted by molar-refractivity contribution is 4.86. The van der Waals surface area contributed by atoms with Crippen LogP contribution in [0.4, 0.5) is 0 Å². The molecule has 0 aliphatic heterocycles. The van der Waals surface area contributed by atoms with E-state index in [2.05, 4.69) is 20.8 Å². The summed E-state index contributed by atoms with van der Waals surface area (Å²) in [6, 6.07) is 0.407. The van der Waals surface area contributed by atoms with Crippen LogP contribution >= 0.6 is 0 Å². The van der Waals surface area contributed by atoms with E-state index in [9.17, 15) is 0 Å². The Morgan fingerprint density at radius 1 is 1.18 bits per heavy atom. The van der Waals surface area contributed by atoms with E-state index >= 15 is 0 Å². The van der Waals surface area contributed by atoms with Gasteiger partial charge in [0.15, 0.2) is 0 Å². The van der Waals surface area contributed by atoms with Crippen LogP contribution < -0.4 is 5.73 Å². The van der Waals surface area contributed by atoms with Gasteiger partial charge in [-0.2, -0.15) is 0 Å². The predicted molar refractivity (Wildman–Crippen MR) is 49.4 cm³/mol. The molecule has 1 heteroatoms. The fraction of sp³-hybridized carbons (Fsp3) is 1.00. The van der Waals surface area contributed by atoms with Gasteiger partial charge in [-0.05, 0) is 24.2 Å². The van der Waals surface area contributed by atoms with E-state index in [4.69, 9.17) is 5.73 Å². The normalized spacial score (nSPS) is 24.0. The number of nitrogens with two attached hydrogens (primary N) is 1. The summed E-state index contributed by atoms with van der Waals surface area (Å²) in [5.41, 5.74) is 6.46. The summed E-state index contributed by atoms with van der Waals surface area (Å²) in [6.07, 6.45) is 5.51. The van der Waals surface area contributed by atoms with Crippen molar-refractivity contribution in [3.05, 3.63) is 0 Å². The first kappa shape index (κ1) is 9.05. The highest BCUT2D eigenvalue weighted by Gasteiger charge is 2.30. The van der Waals surface area contributed by atoms with Crippen LogP contribution in [-0.2, 0) is 0 Å². The van der Waals surface area contributed by atoms with Crippen molar-refractivity contribution >= 4 is 0 Å². The Kier molecular flexibility index (Phi) is 2.58. The first-order chi connectivity index (χ1) is 5.02. The molecule has 1 nitrogen and oxygen atoms in total. The van der Waals surface area contributed by atoms with Crippen molar-refractivity contribution < 1.29 is 0 Å². The molecule has 1 unspecified atom stereocenters. The maximum Gasteiger partial charge on any atom is 0.0116 e. The van der Waals surface area contributed by atoms with Gasteiger partial charge in [-0.1, -0.05) is 33.6 Å². The first-order valence-electron chi connectivity index (χ1n) is 4.77. The summed E-state index contributed by atoms with van der Waals surface area (Å²) in [4.78, 5) is 0. The van der Waals surface area contributed by atoms with Crippen molar-refractivity contribution in [1.29, 1.82) is 0 Å². The quantitative estimate of drug-likeness (QED) is 0.618.